The zero-order valence-corrected chi connectivity index (χ0v) is 12.6. The largest absolute Gasteiger partial charge is 0.494 e. The predicted octanol–water partition coefficient (Wildman–Crippen LogP) is 1.06. The van der Waals surface area contributed by atoms with Crippen molar-refractivity contribution in [3.63, 3.8) is 0 Å². The number of rotatable bonds is 6. The first-order chi connectivity index (χ1) is 10.2. The Labute approximate surface area is 126 Å². The van der Waals surface area contributed by atoms with Crippen molar-refractivity contribution in [2.45, 2.75) is 13.3 Å². The van der Waals surface area contributed by atoms with Crippen LogP contribution in [0.15, 0.2) is 24.3 Å². The molecule has 0 radical (unpaired) electrons. The molecule has 1 saturated heterocycles. The van der Waals surface area contributed by atoms with E-state index in [0.717, 1.165) is 11.3 Å². The number of benzene rings is 1. The highest BCUT2D eigenvalue weighted by atomic mass is 16.5. The summed E-state index contributed by atoms with van der Waals surface area (Å²) in [6.45, 7) is 5.54. The van der Waals surface area contributed by atoms with E-state index < -0.39 is 0 Å². The minimum atomic E-state index is -0.166. The summed E-state index contributed by atoms with van der Waals surface area (Å²) in [5.41, 5.74) is 6.91. The lowest BCUT2D eigenvalue weighted by Gasteiger charge is -2.30. The van der Waals surface area contributed by atoms with Crippen LogP contribution in [0.4, 0.5) is 0 Å². The maximum Gasteiger partial charge on any atom is 0.227 e. The normalized spacial score (nSPS) is 16.6. The van der Waals surface area contributed by atoms with Gasteiger partial charge < -0.3 is 20.1 Å². The second kappa shape index (κ2) is 8.00. The van der Waals surface area contributed by atoms with Crippen LogP contribution in [0.2, 0.25) is 0 Å². The van der Waals surface area contributed by atoms with Gasteiger partial charge in [-0.25, -0.2) is 0 Å². The summed E-state index contributed by atoms with van der Waals surface area (Å²) in [5.74, 6) is 0.820. The van der Waals surface area contributed by atoms with Crippen molar-refractivity contribution >= 4 is 5.91 Å². The zero-order chi connectivity index (χ0) is 15.1. The molecular formula is C16H24N2O3. The van der Waals surface area contributed by atoms with Gasteiger partial charge in [0, 0.05) is 19.6 Å². The van der Waals surface area contributed by atoms with Crippen LogP contribution in [-0.2, 0) is 16.0 Å². The second-order valence-corrected chi connectivity index (χ2v) is 5.15. The molecule has 5 heteroatoms. The Kier molecular flexibility index (Phi) is 6.02. The van der Waals surface area contributed by atoms with Crippen molar-refractivity contribution < 1.29 is 14.3 Å². The van der Waals surface area contributed by atoms with Gasteiger partial charge >= 0.3 is 0 Å². The highest BCUT2D eigenvalue weighted by Gasteiger charge is 2.24. The van der Waals surface area contributed by atoms with E-state index in [1.165, 1.54) is 0 Å². The lowest BCUT2D eigenvalue weighted by atomic mass is 9.97. The van der Waals surface area contributed by atoms with Gasteiger partial charge in [-0.1, -0.05) is 12.1 Å². The third-order valence-electron chi connectivity index (χ3n) is 3.67. The van der Waals surface area contributed by atoms with Gasteiger partial charge in [-0.2, -0.15) is 0 Å². The highest BCUT2D eigenvalue weighted by molar-refractivity contribution is 5.79. The number of carbonyl (C=O) groups excluding carboxylic acids is 1. The SMILES string of the molecule is CCOc1ccc(CC(CN)C(=O)N2CCOCC2)cc1. The van der Waals surface area contributed by atoms with Crippen molar-refractivity contribution in [3.8, 4) is 5.75 Å². The van der Waals surface area contributed by atoms with Gasteiger partial charge in [0.25, 0.3) is 0 Å². The first kappa shape index (κ1) is 15.8. The topological polar surface area (TPSA) is 64.8 Å². The number of hydrogen-bond donors (Lipinski definition) is 1. The monoisotopic (exact) mass is 292 g/mol. The van der Waals surface area contributed by atoms with Crippen LogP contribution in [0.25, 0.3) is 0 Å². The van der Waals surface area contributed by atoms with Crippen LogP contribution in [0.5, 0.6) is 5.75 Å². The summed E-state index contributed by atoms with van der Waals surface area (Å²) in [6, 6.07) is 7.87. The minimum absolute atomic E-state index is 0.134. The molecule has 1 aromatic rings. The van der Waals surface area contributed by atoms with Crippen LogP contribution < -0.4 is 10.5 Å². The Hall–Kier alpha value is -1.59. The average molecular weight is 292 g/mol. The molecule has 0 aromatic heterocycles. The number of amides is 1. The van der Waals surface area contributed by atoms with E-state index in [0.29, 0.717) is 45.9 Å². The third-order valence-corrected chi connectivity index (χ3v) is 3.67. The maximum atomic E-state index is 12.5. The first-order valence-corrected chi connectivity index (χ1v) is 7.53. The molecule has 21 heavy (non-hydrogen) atoms. The van der Waals surface area contributed by atoms with Gasteiger partial charge in [-0.3, -0.25) is 4.79 Å². The Bertz CT molecular complexity index is 441. The summed E-state index contributed by atoms with van der Waals surface area (Å²) in [4.78, 5) is 14.3. The molecule has 5 nitrogen and oxygen atoms in total. The Morgan fingerprint density at radius 1 is 1.33 bits per heavy atom. The molecule has 0 spiro atoms. The molecule has 116 valence electrons. The number of carbonyl (C=O) groups is 1. The maximum absolute atomic E-state index is 12.5. The molecule has 1 unspecified atom stereocenters. The standard InChI is InChI=1S/C16H24N2O3/c1-2-21-15-5-3-13(4-6-15)11-14(12-17)16(19)18-7-9-20-10-8-18/h3-6,14H,2,7-12,17H2,1H3. The Morgan fingerprint density at radius 2 is 2.00 bits per heavy atom. The molecule has 1 amide bonds. The molecule has 1 aliphatic heterocycles. The Balaban J connectivity index is 1.95. The molecule has 1 aliphatic rings. The summed E-state index contributed by atoms with van der Waals surface area (Å²) in [6.07, 6.45) is 0.666. The molecule has 1 fully saturated rings. The molecule has 1 heterocycles. The van der Waals surface area contributed by atoms with Crippen LogP contribution >= 0.6 is 0 Å². The molecule has 0 bridgehead atoms. The van der Waals surface area contributed by atoms with E-state index >= 15 is 0 Å². The summed E-state index contributed by atoms with van der Waals surface area (Å²) in [7, 11) is 0. The summed E-state index contributed by atoms with van der Waals surface area (Å²) in [5, 5.41) is 0. The van der Waals surface area contributed by atoms with Crippen molar-refractivity contribution in [1.82, 2.24) is 4.90 Å². The van der Waals surface area contributed by atoms with Crippen LogP contribution in [0.1, 0.15) is 12.5 Å². The molecule has 0 aliphatic carbocycles. The summed E-state index contributed by atoms with van der Waals surface area (Å²) < 4.78 is 10.7. The zero-order valence-electron chi connectivity index (χ0n) is 12.6. The van der Waals surface area contributed by atoms with Crippen molar-refractivity contribution in [2.75, 3.05) is 39.5 Å². The quantitative estimate of drug-likeness (QED) is 0.851. The molecule has 2 rings (SSSR count). The number of nitrogens with two attached hydrogens (primary N) is 1. The van der Waals surface area contributed by atoms with E-state index in [-0.39, 0.29) is 11.8 Å². The smallest absolute Gasteiger partial charge is 0.227 e. The number of nitrogens with zero attached hydrogens (tertiary/aromatic N) is 1. The van der Waals surface area contributed by atoms with Gasteiger partial charge in [0.2, 0.25) is 5.91 Å². The van der Waals surface area contributed by atoms with E-state index in [4.69, 9.17) is 15.2 Å². The third kappa shape index (κ3) is 4.44. The van der Waals surface area contributed by atoms with Crippen LogP contribution in [0.3, 0.4) is 0 Å². The van der Waals surface area contributed by atoms with Gasteiger partial charge in [0.15, 0.2) is 0 Å². The molecular weight excluding hydrogens is 268 g/mol. The number of ether oxygens (including phenoxy) is 2. The molecule has 0 saturated carbocycles. The van der Waals surface area contributed by atoms with Crippen molar-refractivity contribution in [2.24, 2.45) is 11.7 Å². The minimum Gasteiger partial charge on any atom is -0.494 e. The van der Waals surface area contributed by atoms with E-state index in [9.17, 15) is 4.79 Å². The first-order valence-electron chi connectivity index (χ1n) is 7.53. The second-order valence-electron chi connectivity index (χ2n) is 5.15. The molecule has 2 N–H and O–H groups in total. The van der Waals surface area contributed by atoms with Gasteiger partial charge in [0.05, 0.1) is 25.7 Å². The summed E-state index contributed by atoms with van der Waals surface area (Å²) >= 11 is 0. The fraction of sp³-hybridized carbons (Fsp3) is 0.562. The van der Waals surface area contributed by atoms with Gasteiger partial charge in [-0.15, -0.1) is 0 Å². The van der Waals surface area contributed by atoms with Crippen molar-refractivity contribution in [1.29, 1.82) is 0 Å². The highest BCUT2D eigenvalue weighted by Crippen LogP contribution is 2.16. The van der Waals surface area contributed by atoms with E-state index in [1.807, 2.05) is 36.1 Å². The van der Waals surface area contributed by atoms with Crippen LogP contribution in [0, 0.1) is 5.92 Å². The lowest BCUT2D eigenvalue weighted by Crippen LogP contribution is -2.45. The van der Waals surface area contributed by atoms with Gasteiger partial charge in [-0.05, 0) is 31.0 Å². The number of hydrogen-bond acceptors (Lipinski definition) is 4. The average Bonchev–Trinajstić information content (AvgIpc) is 2.54. The predicted molar refractivity (Wildman–Crippen MR) is 81.3 cm³/mol. The molecule has 1 atom stereocenters. The van der Waals surface area contributed by atoms with Crippen molar-refractivity contribution in [3.05, 3.63) is 29.8 Å². The Morgan fingerprint density at radius 3 is 2.57 bits per heavy atom. The van der Waals surface area contributed by atoms with Gasteiger partial charge in [0.1, 0.15) is 5.75 Å². The fourth-order valence-corrected chi connectivity index (χ4v) is 2.49. The lowest BCUT2D eigenvalue weighted by molar-refractivity contribution is -0.139. The van der Waals surface area contributed by atoms with E-state index in [2.05, 4.69) is 0 Å². The number of morpholine rings is 1. The van der Waals surface area contributed by atoms with E-state index in [1.54, 1.807) is 0 Å². The molecule has 1 aromatic carbocycles. The fourth-order valence-electron chi connectivity index (χ4n) is 2.49. The van der Waals surface area contributed by atoms with Crippen LogP contribution in [-0.4, -0.2) is 50.3 Å².